The molecule has 1 amide bonds. The molecule has 0 spiro atoms. The summed E-state index contributed by atoms with van der Waals surface area (Å²) in [6.07, 6.45) is 13.1. The van der Waals surface area contributed by atoms with Crippen molar-refractivity contribution in [3.63, 3.8) is 0 Å². The molecule has 7 rings (SSSR count). The zero-order valence-corrected chi connectivity index (χ0v) is 30.7. The summed E-state index contributed by atoms with van der Waals surface area (Å²) in [5, 5.41) is 21.9. The van der Waals surface area contributed by atoms with Gasteiger partial charge in [0.05, 0.1) is 17.1 Å². The number of hydrogen-bond acceptors (Lipinski definition) is 9. The number of Topliss-reactive ketones (excluding diaryl/α,β-unsaturated/α-hetero) is 1. The van der Waals surface area contributed by atoms with Gasteiger partial charge in [-0.2, -0.15) is 5.10 Å². The Hall–Kier alpha value is -4.45. The number of hydrogen-bond donors (Lipinski definition) is 5. The maximum atomic E-state index is 12.4. The van der Waals surface area contributed by atoms with Crippen LogP contribution in [0.15, 0.2) is 73.1 Å². The quantitative estimate of drug-likeness (QED) is 0.144. The Morgan fingerprint density at radius 2 is 1.75 bits per heavy atom. The Labute approximate surface area is 302 Å². The molecule has 1 aliphatic carbocycles. The molecule has 0 bridgehead atoms. The first-order valence-corrected chi connectivity index (χ1v) is 18.5. The first-order chi connectivity index (χ1) is 24.9. The van der Waals surface area contributed by atoms with E-state index < -0.39 is 0 Å². The number of anilines is 2. The molecule has 272 valence electrons. The van der Waals surface area contributed by atoms with Gasteiger partial charge < -0.3 is 31.0 Å². The number of amides is 1. The minimum atomic E-state index is 0.0184. The number of allylic oxidation sites excluding steroid dienone is 2. The number of nitrogens with zero attached hydrogens (tertiary/aromatic N) is 4. The summed E-state index contributed by atoms with van der Waals surface area (Å²) in [5.74, 6) is 1.77. The Kier molecular flexibility index (Phi) is 13.9. The SMILES string of the molecule is C/C=C\C1(c2[nH]nc3ccc(NC(=O)[C@@H]4CCNC4)cc23)CC1CNC.CCC(C)=O.c1cnc(-c2ccc(N3CCCNCCC3)cc2)nc1. The number of nitrogens with one attached hydrogen (secondary N) is 5. The fraction of sp³-hybridized carbons (Fsp3) is 0.475. The van der Waals surface area contributed by atoms with Crippen molar-refractivity contribution >= 4 is 34.0 Å². The second-order valence-electron chi connectivity index (χ2n) is 13.6. The van der Waals surface area contributed by atoms with Gasteiger partial charge in [-0.15, -0.1) is 0 Å². The van der Waals surface area contributed by atoms with Gasteiger partial charge in [-0.1, -0.05) is 19.1 Å². The van der Waals surface area contributed by atoms with Gasteiger partial charge in [0.15, 0.2) is 5.82 Å². The maximum absolute atomic E-state index is 12.4. The molecule has 1 saturated carbocycles. The molecule has 4 heterocycles. The molecule has 5 N–H and O–H groups in total. The summed E-state index contributed by atoms with van der Waals surface area (Å²) in [6.45, 7) is 12.6. The molecule has 2 saturated heterocycles. The van der Waals surface area contributed by atoms with Gasteiger partial charge in [-0.25, -0.2) is 9.97 Å². The van der Waals surface area contributed by atoms with E-state index in [1.54, 1.807) is 19.3 Å². The Morgan fingerprint density at radius 3 is 2.37 bits per heavy atom. The first kappa shape index (κ1) is 37.8. The van der Waals surface area contributed by atoms with Crippen LogP contribution in [0.3, 0.4) is 0 Å². The summed E-state index contributed by atoms with van der Waals surface area (Å²) in [5.41, 5.74) is 5.34. The van der Waals surface area contributed by atoms with Crippen molar-refractivity contribution in [1.29, 1.82) is 0 Å². The van der Waals surface area contributed by atoms with E-state index in [9.17, 15) is 9.59 Å². The van der Waals surface area contributed by atoms with Crippen molar-refractivity contribution < 1.29 is 9.59 Å². The number of rotatable bonds is 9. The van der Waals surface area contributed by atoms with E-state index in [1.807, 2.05) is 32.2 Å². The highest BCUT2D eigenvalue weighted by Crippen LogP contribution is 2.56. The van der Waals surface area contributed by atoms with Crippen molar-refractivity contribution in [3.05, 3.63) is 78.8 Å². The molecule has 11 heteroatoms. The minimum absolute atomic E-state index is 0.0184. The van der Waals surface area contributed by atoms with E-state index >= 15 is 0 Å². The Balaban J connectivity index is 0.000000179. The molecule has 3 fully saturated rings. The zero-order valence-electron chi connectivity index (χ0n) is 30.7. The van der Waals surface area contributed by atoms with Crippen LogP contribution in [0.2, 0.25) is 0 Å². The molecule has 11 nitrogen and oxygen atoms in total. The van der Waals surface area contributed by atoms with Gasteiger partial charge >= 0.3 is 0 Å². The van der Waals surface area contributed by atoms with E-state index in [0.29, 0.717) is 12.3 Å². The molecule has 2 aromatic carbocycles. The van der Waals surface area contributed by atoms with E-state index in [0.717, 1.165) is 92.3 Å². The molecular weight excluding hydrogens is 639 g/mol. The zero-order chi connectivity index (χ0) is 36.1. The van der Waals surface area contributed by atoms with Crippen molar-refractivity contribution in [2.24, 2.45) is 11.8 Å². The third kappa shape index (κ3) is 10.1. The highest BCUT2D eigenvalue weighted by Gasteiger charge is 2.54. The van der Waals surface area contributed by atoms with Crippen LogP contribution in [0.25, 0.3) is 22.3 Å². The van der Waals surface area contributed by atoms with Crippen LogP contribution in [0.5, 0.6) is 0 Å². The standard InChI is InChI=1S/C20H27N5O.C16H20N4.C4H8O/c1-3-7-20(10-14(20)12-21-2)18-16-9-15(4-5-17(16)24-25-18)23-19(26)13-6-8-22-11-13;1-10-18-16(19-11-1)14-4-6-15(7-5-14)20-12-2-8-17-9-3-13-20;1-3-4(2)5/h3-5,7,9,13-14,21-22H,6,8,10-12H2,1-2H3,(H,23,26)(H,24,25);1,4-7,10-11,17H,2-3,8-9,12-13H2;3H2,1-2H3/b7-3-;;/t13-,14?,20?;;/m1../s1. The second-order valence-corrected chi connectivity index (χ2v) is 13.6. The number of benzene rings is 2. The van der Waals surface area contributed by atoms with Gasteiger partial charge in [0.1, 0.15) is 5.78 Å². The number of ketones is 1. The molecule has 51 heavy (non-hydrogen) atoms. The predicted octanol–water partition coefficient (Wildman–Crippen LogP) is 5.48. The largest absolute Gasteiger partial charge is 0.371 e. The normalized spacial score (nSPS) is 21.5. The van der Waals surface area contributed by atoms with Crippen LogP contribution < -0.4 is 26.2 Å². The van der Waals surface area contributed by atoms with Gasteiger partial charge in [0, 0.05) is 66.2 Å². The lowest BCUT2D eigenvalue weighted by Gasteiger charge is -2.27. The van der Waals surface area contributed by atoms with E-state index in [1.165, 1.54) is 18.5 Å². The van der Waals surface area contributed by atoms with Gasteiger partial charge in [0.2, 0.25) is 5.91 Å². The van der Waals surface area contributed by atoms with Crippen LogP contribution >= 0.6 is 0 Å². The lowest BCUT2D eigenvalue weighted by molar-refractivity contribution is -0.119. The molecule has 3 aliphatic rings. The van der Waals surface area contributed by atoms with Crippen LogP contribution in [0.1, 0.15) is 58.6 Å². The number of carbonyl (C=O) groups is 2. The van der Waals surface area contributed by atoms with E-state index in [-0.39, 0.29) is 23.0 Å². The van der Waals surface area contributed by atoms with E-state index in [2.05, 4.69) is 95.7 Å². The van der Waals surface area contributed by atoms with E-state index in [4.69, 9.17) is 0 Å². The molecule has 2 aromatic heterocycles. The predicted molar refractivity (Wildman–Crippen MR) is 207 cm³/mol. The number of aromatic amines is 1. The molecule has 3 atom stereocenters. The lowest BCUT2D eigenvalue weighted by atomic mass is 9.95. The summed E-state index contributed by atoms with van der Waals surface area (Å²) in [7, 11) is 2.00. The fourth-order valence-electron chi connectivity index (χ4n) is 6.86. The summed E-state index contributed by atoms with van der Waals surface area (Å²) >= 11 is 0. The first-order valence-electron chi connectivity index (χ1n) is 18.5. The number of fused-ring (bicyclic) bond motifs is 1. The Bertz CT molecular complexity index is 1710. The fourth-order valence-corrected chi connectivity index (χ4v) is 6.86. The Morgan fingerprint density at radius 1 is 1.02 bits per heavy atom. The minimum Gasteiger partial charge on any atom is -0.371 e. The van der Waals surface area contributed by atoms with Crippen molar-refractivity contribution in [3.8, 4) is 11.4 Å². The van der Waals surface area contributed by atoms with Gasteiger partial charge in [0.25, 0.3) is 0 Å². The number of aromatic nitrogens is 4. The summed E-state index contributed by atoms with van der Waals surface area (Å²) in [4.78, 5) is 33.3. The number of H-pyrrole nitrogens is 1. The summed E-state index contributed by atoms with van der Waals surface area (Å²) < 4.78 is 0. The molecule has 4 aromatic rings. The smallest absolute Gasteiger partial charge is 0.228 e. The van der Waals surface area contributed by atoms with Crippen molar-refractivity contribution in [2.45, 2.75) is 58.3 Å². The molecular formula is C40H55N9O2. The highest BCUT2D eigenvalue weighted by molar-refractivity contribution is 5.96. The highest BCUT2D eigenvalue weighted by atomic mass is 16.2. The number of carbonyl (C=O) groups excluding carboxylic acids is 2. The van der Waals surface area contributed by atoms with Crippen LogP contribution in [0.4, 0.5) is 11.4 Å². The second kappa shape index (κ2) is 18.7. The molecule has 2 aliphatic heterocycles. The topological polar surface area (TPSA) is 140 Å². The van der Waals surface area contributed by atoms with Crippen LogP contribution in [0, 0.1) is 11.8 Å². The lowest BCUT2D eigenvalue weighted by Crippen LogP contribution is -2.33. The van der Waals surface area contributed by atoms with Gasteiger partial charge in [-0.05, 0) is 127 Å². The monoisotopic (exact) mass is 693 g/mol. The molecule has 2 unspecified atom stereocenters. The van der Waals surface area contributed by atoms with Crippen LogP contribution in [-0.4, -0.2) is 84.7 Å². The summed E-state index contributed by atoms with van der Waals surface area (Å²) in [6, 6.07) is 16.4. The maximum Gasteiger partial charge on any atom is 0.228 e. The molecule has 0 radical (unpaired) electrons. The van der Waals surface area contributed by atoms with Crippen LogP contribution in [-0.2, 0) is 15.0 Å². The van der Waals surface area contributed by atoms with Gasteiger partial charge in [-0.3, -0.25) is 9.89 Å². The van der Waals surface area contributed by atoms with Crippen molar-refractivity contribution in [1.82, 2.24) is 36.1 Å². The average molecular weight is 694 g/mol. The third-order valence-electron chi connectivity index (χ3n) is 9.90. The van der Waals surface area contributed by atoms with Crippen molar-refractivity contribution in [2.75, 3.05) is 63.1 Å². The average Bonchev–Trinajstić information content (AvgIpc) is 3.46. The third-order valence-corrected chi connectivity index (χ3v) is 9.90.